The van der Waals surface area contributed by atoms with Crippen LogP contribution >= 0.6 is 0 Å². The van der Waals surface area contributed by atoms with Gasteiger partial charge in [0.15, 0.2) is 0 Å². The lowest BCUT2D eigenvalue weighted by Gasteiger charge is -2.22. The molecule has 18 heavy (non-hydrogen) atoms. The summed E-state index contributed by atoms with van der Waals surface area (Å²) in [6.07, 6.45) is 5.81. The lowest BCUT2D eigenvalue weighted by Crippen LogP contribution is -2.33. The molecule has 0 bridgehead atoms. The van der Waals surface area contributed by atoms with Crippen LogP contribution in [-0.2, 0) is 0 Å². The van der Waals surface area contributed by atoms with E-state index in [1.807, 2.05) is 19.2 Å². The number of nitrogens with one attached hydrogen (secondary N) is 1. The Morgan fingerprint density at radius 1 is 1.39 bits per heavy atom. The van der Waals surface area contributed by atoms with E-state index < -0.39 is 0 Å². The van der Waals surface area contributed by atoms with Gasteiger partial charge in [-0.3, -0.25) is 4.90 Å². The molecular formula is C14H21N3O. The minimum absolute atomic E-state index is 0.590. The number of aromatic nitrogens is 1. The highest BCUT2D eigenvalue weighted by Crippen LogP contribution is 2.30. The Labute approximate surface area is 108 Å². The van der Waals surface area contributed by atoms with E-state index in [2.05, 4.69) is 21.3 Å². The van der Waals surface area contributed by atoms with Crippen LogP contribution in [0.3, 0.4) is 0 Å². The molecule has 0 amide bonds. The summed E-state index contributed by atoms with van der Waals surface area (Å²) in [5, 5.41) is 3.62. The first kappa shape index (κ1) is 11.8. The van der Waals surface area contributed by atoms with Gasteiger partial charge in [-0.05, 0) is 38.8 Å². The molecule has 2 aliphatic heterocycles. The summed E-state index contributed by atoms with van der Waals surface area (Å²) in [5.41, 5.74) is 1.11. The van der Waals surface area contributed by atoms with Gasteiger partial charge in [-0.1, -0.05) is 0 Å². The molecule has 0 saturated carbocycles. The fourth-order valence-corrected chi connectivity index (χ4v) is 3.16. The van der Waals surface area contributed by atoms with E-state index in [0.717, 1.165) is 11.7 Å². The van der Waals surface area contributed by atoms with Crippen LogP contribution in [0.5, 0.6) is 5.88 Å². The molecule has 4 heteroatoms. The number of fused-ring (bicyclic) bond motifs is 1. The first-order valence-electron chi connectivity index (χ1n) is 6.96. The molecule has 0 aromatic carbocycles. The third-order valence-electron chi connectivity index (χ3n) is 3.99. The van der Waals surface area contributed by atoms with Crippen molar-refractivity contribution in [3.05, 3.63) is 18.3 Å². The monoisotopic (exact) mass is 247 g/mol. The Morgan fingerprint density at radius 3 is 3.11 bits per heavy atom. The summed E-state index contributed by atoms with van der Waals surface area (Å²) >= 11 is 0. The van der Waals surface area contributed by atoms with Gasteiger partial charge in [-0.25, -0.2) is 4.98 Å². The van der Waals surface area contributed by atoms with Gasteiger partial charge in [-0.15, -0.1) is 0 Å². The number of pyridine rings is 1. The minimum atomic E-state index is 0.590. The van der Waals surface area contributed by atoms with Crippen LogP contribution in [0.1, 0.15) is 26.2 Å². The van der Waals surface area contributed by atoms with Crippen LogP contribution < -0.4 is 10.1 Å². The molecule has 1 aromatic heterocycles. The van der Waals surface area contributed by atoms with Crippen LogP contribution in [0.4, 0.5) is 5.69 Å². The average Bonchev–Trinajstić information content (AvgIpc) is 2.97. The standard InChI is InChI=1S/C14H21N3O/c1-2-18-14-6-5-11(10-15-14)16-12-7-9-17-8-3-4-13(12)17/h5-6,10,12-13,16H,2-4,7-9H2,1H3. The predicted molar refractivity (Wildman–Crippen MR) is 72.0 cm³/mol. The number of ether oxygens (including phenoxy) is 1. The Bertz CT molecular complexity index is 393. The largest absolute Gasteiger partial charge is 0.478 e. The quantitative estimate of drug-likeness (QED) is 0.884. The molecule has 2 aliphatic rings. The van der Waals surface area contributed by atoms with Crippen LogP contribution in [0.15, 0.2) is 18.3 Å². The summed E-state index contributed by atoms with van der Waals surface area (Å²) in [7, 11) is 0. The van der Waals surface area contributed by atoms with Gasteiger partial charge in [-0.2, -0.15) is 0 Å². The van der Waals surface area contributed by atoms with Crippen LogP contribution in [0, 0.1) is 0 Å². The predicted octanol–water partition coefficient (Wildman–Crippen LogP) is 2.13. The maximum absolute atomic E-state index is 5.35. The molecule has 2 fully saturated rings. The normalized spacial score (nSPS) is 27.2. The molecule has 0 spiro atoms. The molecular weight excluding hydrogens is 226 g/mol. The van der Waals surface area contributed by atoms with Gasteiger partial charge >= 0.3 is 0 Å². The van der Waals surface area contributed by atoms with Crippen molar-refractivity contribution < 1.29 is 4.74 Å². The molecule has 1 aromatic rings. The second kappa shape index (κ2) is 5.14. The summed E-state index contributed by atoms with van der Waals surface area (Å²) in [6.45, 7) is 5.16. The Balaban J connectivity index is 1.62. The van der Waals surface area contributed by atoms with Crippen LogP contribution in [0.2, 0.25) is 0 Å². The van der Waals surface area contributed by atoms with Crippen molar-refractivity contribution in [2.75, 3.05) is 25.0 Å². The van der Waals surface area contributed by atoms with E-state index in [-0.39, 0.29) is 0 Å². The summed E-state index contributed by atoms with van der Waals surface area (Å²) in [4.78, 5) is 6.91. The number of hydrogen-bond donors (Lipinski definition) is 1. The maximum atomic E-state index is 5.35. The van der Waals surface area contributed by atoms with Crippen LogP contribution in [-0.4, -0.2) is 41.7 Å². The zero-order valence-electron chi connectivity index (χ0n) is 10.9. The second-order valence-corrected chi connectivity index (χ2v) is 5.10. The van der Waals surface area contributed by atoms with Crippen molar-refractivity contribution in [3.8, 4) is 5.88 Å². The van der Waals surface area contributed by atoms with Crippen molar-refractivity contribution in [1.82, 2.24) is 9.88 Å². The SMILES string of the molecule is CCOc1ccc(NC2CCN3CCCC23)cn1. The molecule has 0 radical (unpaired) electrons. The summed E-state index contributed by atoms with van der Waals surface area (Å²) in [5.74, 6) is 0.706. The van der Waals surface area contributed by atoms with Gasteiger partial charge in [0.25, 0.3) is 0 Å². The maximum Gasteiger partial charge on any atom is 0.213 e. The Morgan fingerprint density at radius 2 is 2.33 bits per heavy atom. The van der Waals surface area contributed by atoms with E-state index >= 15 is 0 Å². The van der Waals surface area contributed by atoms with Gasteiger partial charge in [0.1, 0.15) is 0 Å². The highest BCUT2D eigenvalue weighted by Gasteiger charge is 2.36. The first-order chi connectivity index (χ1) is 8.86. The smallest absolute Gasteiger partial charge is 0.213 e. The van der Waals surface area contributed by atoms with Crippen molar-refractivity contribution in [2.45, 2.75) is 38.3 Å². The number of anilines is 1. The molecule has 2 atom stereocenters. The van der Waals surface area contributed by atoms with Crippen molar-refractivity contribution in [1.29, 1.82) is 0 Å². The van der Waals surface area contributed by atoms with E-state index in [0.29, 0.717) is 18.5 Å². The molecule has 0 aliphatic carbocycles. The average molecular weight is 247 g/mol. The Hall–Kier alpha value is -1.29. The molecule has 3 heterocycles. The van der Waals surface area contributed by atoms with Crippen molar-refractivity contribution in [2.24, 2.45) is 0 Å². The molecule has 2 saturated heterocycles. The van der Waals surface area contributed by atoms with Gasteiger partial charge in [0.05, 0.1) is 18.5 Å². The fourth-order valence-electron chi connectivity index (χ4n) is 3.16. The number of nitrogens with zero attached hydrogens (tertiary/aromatic N) is 2. The lowest BCUT2D eigenvalue weighted by atomic mass is 10.1. The molecule has 1 N–H and O–H groups in total. The Kier molecular flexibility index (Phi) is 3.37. The van der Waals surface area contributed by atoms with Gasteiger partial charge < -0.3 is 10.1 Å². The highest BCUT2D eigenvalue weighted by atomic mass is 16.5. The third kappa shape index (κ3) is 2.29. The second-order valence-electron chi connectivity index (χ2n) is 5.10. The topological polar surface area (TPSA) is 37.4 Å². The summed E-state index contributed by atoms with van der Waals surface area (Å²) < 4.78 is 5.35. The lowest BCUT2D eigenvalue weighted by molar-refractivity contribution is 0.318. The van der Waals surface area contributed by atoms with Gasteiger partial charge in [0.2, 0.25) is 5.88 Å². The van der Waals surface area contributed by atoms with Crippen molar-refractivity contribution >= 4 is 5.69 Å². The molecule has 98 valence electrons. The van der Waals surface area contributed by atoms with E-state index in [4.69, 9.17) is 4.74 Å². The van der Waals surface area contributed by atoms with Gasteiger partial charge in [0, 0.05) is 24.7 Å². The van der Waals surface area contributed by atoms with Crippen molar-refractivity contribution in [3.63, 3.8) is 0 Å². The van der Waals surface area contributed by atoms with Crippen LogP contribution in [0.25, 0.3) is 0 Å². The minimum Gasteiger partial charge on any atom is -0.478 e. The number of hydrogen-bond acceptors (Lipinski definition) is 4. The zero-order valence-corrected chi connectivity index (χ0v) is 10.9. The first-order valence-corrected chi connectivity index (χ1v) is 6.96. The fraction of sp³-hybridized carbons (Fsp3) is 0.643. The van der Waals surface area contributed by atoms with E-state index in [1.165, 1.54) is 32.4 Å². The van der Waals surface area contributed by atoms with E-state index in [1.54, 1.807) is 0 Å². The highest BCUT2D eigenvalue weighted by molar-refractivity contribution is 5.43. The molecule has 3 rings (SSSR count). The number of rotatable bonds is 4. The van der Waals surface area contributed by atoms with E-state index in [9.17, 15) is 0 Å². The molecule has 4 nitrogen and oxygen atoms in total. The zero-order chi connectivity index (χ0) is 12.4. The summed E-state index contributed by atoms with van der Waals surface area (Å²) in [6, 6.07) is 5.33. The third-order valence-corrected chi connectivity index (χ3v) is 3.99. The molecule has 2 unspecified atom stereocenters.